The zero-order valence-electron chi connectivity index (χ0n) is 14.4. The van der Waals surface area contributed by atoms with Gasteiger partial charge in [0.05, 0.1) is 11.5 Å². The lowest BCUT2D eigenvalue weighted by Gasteiger charge is -2.19. The molecule has 2 unspecified atom stereocenters. The number of hydrogen-bond acceptors (Lipinski definition) is 6. The van der Waals surface area contributed by atoms with E-state index in [1.807, 2.05) is 0 Å². The second-order valence-electron chi connectivity index (χ2n) is 6.19. The minimum Gasteiger partial charge on any atom is -0.462 e. The van der Waals surface area contributed by atoms with Crippen LogP contribution in [-0.4, -0.2) is 33.6 Å². The molecule has 1 fully saturated rings. The third kappa shape index (κ3) is 4.37. The van der Waals surface area contributed by atoms with Crippen molar-refractivity contribution < 1.29 is 17.9 Å². The first-order valence-corrected chi connectivity index (χ1v) is 10.7. The number of carbonyl (C=O) groups excluding carboxylic acids is 1. The second-order valence-corrected chi connectivity index (χ2v) is 8.98. The minimum atomic E-state index is -3.62. The zero-order chi connectivity index (χ0) is 18.0. The van der Waals surface area contributed by atoms with Crippen LogP contribution >= 0.6 is 23.7 Å². The summed E-state index contributed by atoms with van der Waals surface area (Å²) < 4.78 is 34.0. The molecule has 1 heterocycles. The molecule has 9 heteroatoms. The lowest BCUT2D eigenvalue weighted by Crippen LogP contribution is -2.39. The van der Waals surface area contributed by atoms with Gasteiger partial charge in [-0.15, -0.1) is 23.7 Å². The molecule has 0 radical (unpaired) electrons. The highest BCUT2D eigenvalue weighted by atomic mass is 35.5. The topological polar surface area (TPSA) is 98.5 Å². The molecule has 0 aliphatic heterocycles. The van der Waals surface area contributed by atoms with Gasteiger partial charge in [0, 0.05) is 10.7 Å². The maximum atomic E-state index is 12.7. The van der Waals surface area contributed by atoms with Crippen LogP contribution in [0.4, 0.5) is 0 Å². The number of esters is 1. The van der Waals surface area contributed by atoms with Gasteiger partial charge < -0.3 is 10.5 Å². The van der Waals surface area contributed by atoms with Crippen LogP contribution in [0.25, 0.3) is 10.1 Å². The molecule has 1 aliphatic rings. The highest BCUT2D eigenvalue weighted by Crippen LogP contribution is 2.30. The molecule has 1 aromatic carbocycles. The van der Waals surface area contributed by atoms with Gasteiger partial charge in [-0.1, -0.05) is 6.42 Å². The lowest BCUT2D eigenvalue weighted by atomic mass is 10.1. The van der Waals surface area contributed by atoms with Gasteiger partial charge in [0.2, 0.25) is 10.0 Å². The number of rotatable bonds is 6. The van der Waals surface area contributed by atoms with Crippen molar-refractivity contribution in [3.8, 4) is 0 Å². The van der Waals surface area contributed by atoms with Crippen molar-refractivity contribution in [2.75, 3.05) is 13.2 Å². The Labute approximate surface area is 163 Å². The largest absolute Gasteiger partial charge is 0.462 e. The highest BCUT2D eigenvalue weighted by molar-refractivity contribution is 7.89. The molecule has 2 aromatic rings. The summed E-state index contributed by atoms with van der Waals surface area (Å²) in [6, 6.07) is 6.47. The molecule has 0 bridgehead atoms. The smallest absolute Gasteiger partial charge is 0.348 e. The Morgan fingerprint density at radius 3 is 2.81 bits per heavy atom. The van der Waals surface area contributed by atoms with Gasteiger partial charge >= 0.3 is 5.97 Å². The van der Waals surface area contributed by atoms with Crippen LogP contribution in [-0.2, 0) is 14.8 Å². The molecule has 3 N–H and O–H groups in total. The lowest BCUT2D eigenvalue weighted by molar-refractivity contribution is 0.0532. The summed E-state index contributed by atoms with van der Waals surface area (Å²) in [4.78, 5) is 12.5. The maximum Gasteiger partial charge on any atom is 0.348 e. The van der Waals surface area contributed by atoms with Crippen LogP contribution in [0.15, 0.2) is 29.2 Å². The third-order valence-electron chi connectivity index (χ3n) is 4.54. The second kappa shape index (κ2) is 8.67. The molecule has 6 nitrogen and oxygen atoms in total. The van der Waals surface area contributed by atoms with Crippen LogP contribution in [0.1, 0.15) is 35.9 Å². The van der Waals surface area contributed by atoms with Gasteiger partial charge in [0.1, 0.15) is 4.88 Å². The van der Waals surface area contributed by atoms with E-state index in [0.717, 1.165) is 29.3 Å². The van der Waals surface area contributed by atoms with Crippen LogP contribution in [0.3, 0.4) is 0 Å². The Balaban J connectivity index is 0.00000243. The summed E-state index contributed by atoms with van der Waals surface area (Å²) in [5.74, 6) is -0.196. The standard InChI is InChI=1S/C17H22N2O4S2.ClH/c1-2-23-17(20)16-9-12-8-13(6-7-15(12)24-16)25(21,22)19-14-5-3-4-11(14)10-18;/h6-9,11,14,19H,2-5,10,18H2,1H3;1H. The van der Waals surface area contributed by atoms with Crippen molar-refractivity contribution in [2.24, 2.45) is 11.7 Å². The van der Waals surface area contributed by atoms with Crippen LogP contribution < -0.4 is 10.5 Å². The van der Waals surface area contributed by atoms with E-state index in [1.54, 1.807) is 31.2 Å². The fraction of sp³-hybridized carbons (Fsp3) is 0.471. The van der Waals surface area contributed by atoms with Crippen molar-refractivity contribution in [1.82, 2.24) is 4.72 Å². The quantitative estimate of drug-likeness (QED) is 0.702. The molecule has 0 saturated heterocycles. The summed E-state index contributed by atoms with van der Waals surface area (Å²) in [6.07, 6.45) is 2.76. The Morgan fingerprint density at radius 2 is 2.12 bits per heavy atom. The van der Waals surface area contributed by atoms with E-state index in [2.05, 4.69) is 4.72 Å². The molecule has 1 saturated carbocycles. The fourth-order valence-corrected chi connectivity index (χ4v) is 5.54. The molecule has 26 heavy (non-hydrogen) atoms. The summed E-state index contributed by atoms with van der Waals surface area (Å²) in [7, 11) is -3.62. The number of hydrogen-bond donors (Lipinski definition) is 2. The zero-order valence-corrected chi connectivity index (χ0v) is 16.9. The number of fused-ring (bicyclic) bond motifs is 1. The predicted molar refractivity (Wildman–Crippen MR) is 106 cm³/mol. The van der Waals surface area contributed by atoms with Gasteiger partial charge in [-0.25, -0.2) is 17.9 Å². The molecule has 2 atom stereocenters. The van der Waals surface area contributed by atoms with Crippen molar-refractivity contribution in [2.45, 2.75) is 37.1 Å². The number of ether oxygens (including phenoxy) is 1. The Bertz CT molecular complexity index is 882. The normalized spacial score (nSPS) is 20.1. The monoisotopic (exact) mass is 418 g/mol. The number of halogens is 1. The van der Waals surface area contributed by atoms with Gasteiger partial charge in [-0.2, -0.15) is 0 Å². The average molecular weight is 419 g/mol. The van der Waals surface area contributed by atoms with Gasteiger partial charge in [-0.3, -0.25) is 0 Å². The van der Waals surface area contributed by atoms with Crippen molar-refractivity contribution >= 4 is 49.8 Å². The molecule has 144 valence electrons. The first kappa shape index (κ1) is 21.1. The Hall–Kier alpha value is -1.19. The van der Waals surface area contributed by atoms with E-state index >= 15 is 0 Å². The summed E-state index contributed by atoms with van der Waals surface area (Å²) in [5, 5.41) is 0.720. The minimum absolute atomic E-state index is 0. The molecule has 1 aliphatic carbocycles. The maximum absolute atomic E-state index is 12.7. The number of thiophene rings is 1. The molecule has 0 spiro atoms. The van der Waals surface area contributed by atoms with Crippen molar-refractivity contribution in [3.63, 3.8) is 0 Å². The van der Waals surface area contributed by atoms with Crippen LogP contribution in [0.5, 0.6) is 0 Å². The number of benzene rings is 1. The van der Waals surface area contributed by atoms with Crippen LogP contribution in [0, 0.1) is 5.92 Å². The molecular formula is C17H23ClN2O4S2. The predicted octanol–water partition coefficient (Wildman–Crippen LogP) is 2.91. The van der Waals surface area contributed by atoms with E-state index in [-0.39, 0.29) is 35.2 Å². The first-order valence-electron chi connectivity index (χ1n) is 8.37. The van der Waals surface area contributed by atoms with E-state index in [4.69, 9.17) is 10.5 Å². The Morgan fingerprint density at radius 1 is 1.35 bits per heavy atom. The average Bonchev–Trinajstić information content (AvgIpc) is 3.20. The summed E-state index contributed by atoms with van der Waals surface area (Å²) in [6.45, 7) is 2.54. The molecule has 3 rings (SSSR count). The first-order chi connectivity index (χ1) is 11.9. The van der Waals surface area contributed by atoms with E-state index in [9.17, 15) is 13.2 Å². The number of nitrogens with one attached hydrogen (secondary N) is 1. The van der Waals surface area contributed by atoms with Crippen molar-refractivity contribution in [3.05, 3.63) is 29.1 Å². The fourth-order valence-electron chi connectivity index (χ4n) is 3.23. The third-order valence-corrected chi connectivity index (χ3v) is 7.13. The summed E-state index contributed by atoms with van der Waals surface area (Å²) >= 11 is 1.30. The van der Waals surface area contributed by atoms with Crippen molar-refractivity contribution in [1.29, 1.82) is 0 Å². The van der Waals surface area contributed by atoms with E-state index < -0.39 is 10.0 Å². The van der Waals surface area contributed by atoms with Gasteiger partial charge in [-0.05, 0) is 61.9 Å². The van der Waals surface area contributed by atoms with E-state index in [1.165, 1.54) is 11.3 Å². The number of sulfonamides is 1. The van der Waals surface area contributed by atoms with Gasteiger partial charge in [0.25, 0.3) is 0 Å². The number of carbonyl (C=O) groups is 1. The highest BCUT2D eigenvalue weighted by Gasteiger charge is 2.30. The SMILES string of the molecule is CCOC(=O)c1cc2cc(S(=O)(=O)NC3CCCC3CN)ccc2s1.Cl. The summed E-state index contributed by atoms with van der Waals surface area (Å²) in [5.41, 5.74) is 5.73. The molecule has 0 amide bonds. The van der Waals surface area contributed by atoms with Gasteiger partial charge in [0.15, 0.2) is 0 Å². The number of nitrogens with two attached hydrogens (primary N) is 1. The van der Waals surface area contributed by atoms with Crippen LogP contribution in [0.2, 0.25) is 0 Å². The van der Waals surface area contributed by atoms with E-state index in [0.29, 0.717) is 18.0 Å². The Kier molecular flexibility index (Phi) is 7.04. The molecule has 1 aromatic heterocycles. The molecular weight excluding hydrogens is 396 g/mol.